The molecule has 0 saturated carbocycles. The Hall–Kier alpha value is -1.51. The molecular formula is C10H12N2O. The Bertz CT molecular complexity index is 445. The average Bonchev–Trinajstić information content (AvgIpc) is 2.44. The van der Waals surface area contributed by atoms with Crippen molar-refractivity contribution in [3.05, 3.63) is 23.9 Å². The summed E-state index contributed by atoms with van der Waals surface area (Å²) in [6.07, 6.45) is 0. The van der Waals surface area contributed by atoms with Crippen molar-refractivity contribution in [3.8, 4) is 5.75 Å². The van der Waals surface area contributed by atoms with Gasteiger partial charge >= 0.3 is 0 Å². The quantitative estimate of drug-likeness (QED) is 0.722. The molecule has 0 bridgehead atoms. The number of aromatic hydroxyl groups is 1. The number of nitrogens with zero attached hydrogens (tertiary/aromatic N) is 2. The number of hydrogen-bond donors (Lipinski definition) is 1. The van der Waals surface area contributed by atoms with Gasteiger partial charge in [-0.15, -0.1) is 0 Å². The molecule has 0 amide bonds. The number of phenols is 1. The van der Waals surface area contributed by atoms with Gasteiger partial charge in [0.15, 0.2) is 0 Å². The predicted molar refractivity (Wildman–Crippen MR) is 51.8 cm³/mol. The van der Waals surface area contributed by atoms with Crippen LogP contribution in [0.5, 0.6) is 5.75 Å². The molecule has 0 unspecified atom stereocenters. The predicted octanol–water partition coefficient (Wildman–Crippen LogP) is 2.07. The molecule has 0 aliphatic rings. The number of benzene rings is 1. The monoisotopic (exact) mass is 176 g/mol. The van der Waals surface area contributed by atoms with Crippen molar-refractivity contribution in [1.29, 1.82) is 0 Å². The third-order valence-electron chi connectivity index (χ3n) is 2.30. The summed E-state index contributed by atoms with van der Waals surface area (Å²) in [6.45, 7) is 4.84. The first-order valence-corrected chi connectivity index (χ1v) is 4.39. The van der Waals surface area contributed by atoms with Gasteiger partial charge in [-0.3, -0.25) is 4.68 Å². The SMILES string of the molecule is CCn1nc2cccc(O)c2c1C. The summed E-state index contributed by atoms with van der Waals surface area (Å²) < 4.78 is 1.89. The van der Waals surface area contributed by atoms with Crippen LogP contribution in [0.1, 0.15) is 12.6 Å². The molecule has 2 rings (SSSR count). The Morgan fingerprint density at radius 1 is 1.46 bits per heavy atom. The van der Waals surface area contributed by atoms with Gasteiger partial charge in [-0.2, -0.15) is 5.10 Å². The van der Waals surface area contributed by atoms with Crippen molar-refractivity contribution in [3.63, 3.8) is 0 Å². The lowest BCUT2D eigenvalue weighted by Crippen LogP contribution is -1.97. The molecule has 1 aromatic carbocycles. The molecule has 0 atom stereocenters. The van der Waals surface area contributed by atoms with E-state index in [1.54, 1.807) is 6.07 Å². The number of aryl methyl sites for hydroxylation is 2. The van der Waals surface area contributed by atoms with E-state index in [0.29, 0.717) is 5.75 Å². The minimum absolute atomic E-state index is 0.315. The van der Waals surface area contributed by atoms with Crippen LogP contribution < -0.4 is 0 Å². The van der Waals surface area contributed by atoms with E-state index in [-0.39, 0.29) is 0 Å². The van der Waals surface area contributed by atoms with Gasteiger partial charge < -0.3 is 5.11 Å². The number of hydrogen-bond acceptors (Lipinski definition) is 2. The minimum Gasteiger partial charge on any atom is -0.507 e. The van der Waals surface area contributed by atoms with Gasteiger partial charge in [0.2, 0.25) is 0 Å². The summed E-state index contributed by atoms with van der Waals surface area (Å²) in [5.74, 6) is 0.315. The second-order valence-corrected chi connectivity index (χ2v) is 3.07. The molecule has 0 saturated heterocycles. The molecule has 0 spiro atoms. The highest BCUT2D eigenvalue weighted by atomic mass is 16.3. The van der Waals surface area contributed by atoms with Crippen molar-refractivity contribution >= 4 is 10.9 Å². The molecule has 3 nitrogen and oxygen atoms in total. The molecule has 3 heteroatoms. The van der Waals surface area contributed by atoms with Crippen LogP contribution in [0.15, 0.2) is 18.2 Å². The smallest absolute Gasteiger partial charge is 0.126 e. The van der Waals surface area contributed by atoms with E-state index in [4.69, 9.17) is 0 Å². The van der Waals surface area contributed by atoms with Gasteiger partial charge in [0, 0.05) is 12.2 Å². The Balaban J connectivity index is 2.85. The van der Waals surface area contributed by atoms with Crippen LogP contribution >= 0.6 is 0 Å². The van der Waals surface area contributed by atoms with Crippen LogP contribution in [0.3, 0.4) is 0 Å². The van der Waals surface area contributed by atoms with Gasteiger partial charge in [-0.1, -0.05) is 6.07 Å². The zero-order valence-corrected chi connectivity index (χ0v) is 7.78. The lowest BCUT2D eigenvalue weighted by Gasteiger charge is -1.97. The molecule has 2 aromatic rings. The Morgan fingerprint density at radius 2 is 2.23 bits per heavy atom. The van der Waals surface area contributed by atoms with E-state index in [2.05, 4.69) is 5.10 Å². The topological polar surface area (TPSA) is 38.0 Å². The molecule has 0 aliphatic heterocycles. The Morgan fingerprint density at radius 3 is 2.85 bits per heavy atom. The van der Waals surface area contributed by atoms with Crippen LogP contribution in [0.25, 0.3) is 10.9 Å². The highest BCUT2D eigenvalue weighted by molar-refractivity contribution is 5.87. The molecule has 13 heavy (non-hydrogen) atoms. The first-order valence-electron chi connectivity index (χ1n) is 4.39. The molecule has 0 fully saturated rings. The van der Waals surface area contributed by atoms with Crippen molar-refractivity contribution in [1.82, 2.24) is 9.78 Å². The maximum absolute atomic E-state index is 9.61. The van der Waals surface area contributed by atoms with Gasteiger partial charge in [-0.25, -0.2) is 0 Å². The lowest BCUT2D eigenvalue weighted by atomic mass is 10.2. The second-order valence-electron chi connectivity index (χ2n) is 3.07. The fraction of sp³-hybridized carbons (Fsp3) is 0.300. The van der Waals surface area contributed by atoms with Gasteiger partial charge in [0.05, 0.1) is 10.9 Å². The van der Waals surface area contributed by atoms with Crippen LogP contribution in [-0.4, -0.2) is 14.9 Å². The van der Waals surface area contributed by atoms with E-state index in [1.807, 2.05) is 30.7 Å². The molecule has 1 N–H and O–H groups in total. The standard InChI is InChI=1S/C10H12N2O/c1-3-12-7(2)10-8(11-12)5-4-6-9(10)13/h4-6,13H,3H2,1-2H3. The molecule has 1 aromatic heterocycles. The van der Waals surface area contributed by atoms with Gasteiger partial charge in [-0.05, 0) is 26.0 Å². The van der Waals surface area contributed by atoms with Crippen molar-refractivity contribution in [2.75, 3.05) is 0 Å². The van der Waals surface area contributed by atoms with Crippen LogP contribution in [-0.2, 0) is 6.54 Å². The molecule has 1 heterocycles. The first kappa shape index (κ1) is 8.10. The third kappa shape index (κ3) is 1.08. The fourth-order valence-corrected chi connectivity index (χ4v) is 1.62. The number of fused-ring (bicyclic) bond motifs is 1. The molecule has 0 aliphatic carbocycles. The number of aromatic nitrogens is 2. The fourth-order valence-electron chi connectivity index (χ4n) is 1.62. The summed E-state index contributed by atoms with van der Waals surface area (Å²) in [7, 11) is 0. The third-order valence-corrected chi connectivity index (χ3v) is 2.30. The normalized spacial score (nSPS) is 10.9. The van der Waals surface area contributed by atoms with Gasteiger partial charge in [0.1, 0.15) is 5.75 Å². The Labute approximate surface area is 76.6 Å². The summed E-state index contributed by atoms with van der Waals surface area (Å²) in [4.78, 5) is 0. The lowest BCUT2D eigenvalue weighted by molar-refractivity contribution is 0.481. The van der Waals surface area contributed by atoms with Gasteiger partial charge in [0.25, 0.3) is 0 Å². The van der Waals surface area contributed by atoms with Crippen molar-refractivity contribution < 1.29 is 5.11 Å². The van der Waals surface area contributed by atoms with Crippen molar-refractivity contribution in [2.24, 2.45) is 0 Å². The van der Waals surface area contributed by atoms with E-state index in [0.717, 1.165) is 23.1 Å². The van der Waals surface area contributed by atoms with E-state index in [9.17, 15) is 5.11 Å². The summed E-state index contributed by atoms with van der Waals surface area (Å²) >= 11 is 0. The van der Waals surface area contributed by atoms with Crippen LogP contribution in [0.4, 0.5) is 0 Å². The van der Waals surface area contributed by atoms with Crippen LogP contribution in [0, 0.1) is 6.92 Å². The first-order chi connectivity index (χ1) is 6.24. The van der Waals surface area contributed by atoms with E-state index < -0.39 is 0 Å². The zero-order chi connectivity index (χ0) is 9.42. The summed E-state index contributed by atoms with van der Waals surface area (Å²) in [5, 5.41) is 14.8. The number of phenolic OH excluding ortho intramolecular Hbond substituents is 1. The largest absolute Gasteiger partial charge is 0.507 e. The molecule has 68 valence electrons. The molecule has 0 radical (unpaired) electrons. The summed E-state index contributed by atoms with van der Waals surface area (Å²) in [6, 6.07) is 5.41. The maximum atomic E-state index is 9.61. The van der Waals surface area contributed by atoms with E-state index >= 15 is 0 Å². The average molecular weight is 176 g/mol. The Kier molecular flexibility index (Phi) is 1.72. The second kappa shape index (κ2) is 2.76. The molecular weight excluding hydrogens is 164 g/mol. The van der Waals surface area contributed by atoms with Crippen molar-refractivity contribution in [2.45, 2.75) is 20.4 Å². The van der Waals surface area contributed by atoms with E-state index in [1.165, 1.54) is 0 Å². The zero-order valence-electron chi connectivity index (χ0n) is 7.78. The number of rotatable bonds is 1. The van der Waals surface area contributed by atoms with Crippen LogP contribution in [0.2, 0.25) is 0 Å². The highest BCUT2D eigenvalue weighted by Gasteiger charge is 2.08. The maximum Gasteiger partial charge on any atom is 0.126 e. The minimum atomic E-state index is 0.315. The summed E-state index contributed by atoms with van der Waals surface area (Å²) in [5.41, 5.74) is 1.88. The highest BCUT2D eigenvalue weighted by Crippen LogP contribution is 2.26.